The van der Waals surface area contributed by atoms with Gasteiger partial charge in [-0.3, -0.25) is 10.1 Å². The third kappa shape index (κ3) is 5.22. The van der Waals surface area contributed by atoms with Crippen LogP contribution in [-0.2, 0) is 11.2 Å². The van der Waals surface area contributed by atoms with Crippen molar-refractivity contribution in [2.75, 3.05) is 12.3 Å². The van der Waals surface area contributed by atoms with Crippen molar-refractivity contribution in [1.29, 1.82) is 0 Å². The van der Waals surface area contributed by atoms with Crippen LogP contribution in [0.5, 0.6) is 0 Å². The van der Waals surface area contributed by atoms with E-state index < -0.39 is 6.03 Å². The molecule has 0 unspecified atom stereocenters. The first-order chi connectivity index (χ1) is 12.1. The lowest BCUT2D eigenvalue weighted by Gasteiger charge is -2.05. The number of nitrogens with zero attached hydrogens (tertiary/aromatic N) is 1. The van der Waals surface area contributed by atoms with Crippen LogP contribution in [-0.4, -0.2) is 34.2 Å². The molecule has 2 heterocycles. The lowest BCUT2D eigenvalue weighted by atomic mass is 10.3. The van der Waals surface area contributed by atoms with E-state index in [0.717, 1.165) is 17.5 Å². The first kappa shape index (κ1) is 17.8. The molecule has 0 aliphatic carbocycles. The third-order valence-electron chi connectivity index (χ3n) is 3.25. The third-order valence-corrected chi connectivity index (χ3v) is 5.30. The molecule has 6 nitrogen and oxygen atoms in total. The van der Waals surface area contributed by atoms with Gasteiger partial charge in [-0.25, -0.2) is 9.78 Å². The Bertz CT molecular complexity index is 880. The van der Waals surface area contributed by atoms with Crippen molar-refractivity contribution in [1.82, 2.24) is 20.6 Å². The maximum Gasteiger partial charge on any atom is 0.321 e. The number of rotatable bonds is 6. The number of fused-ring (bicyclic) bond motifs is 1. The molecule has 3 N–H and O–H groups in total. The molecule has 0 bridgehead atoms. The van der Waals surface area contributed by atoms with Gasteiger partial charge in [0.1, 0.15) is 0 Å². The summed E-state index contributed by atoms with van der Waals surface area (Å²) in [5.74, 6) is -0.288. The lowest BCUT2D eigenvalue weighted by Crippen LogP contribution is -2.41. The van der Waals surface area contributed by atoms with Gasteiger partial charge in [0.05, 0.1) is 16.8 Å². The Morgan fingerprint density at radius 2 is 2.20 bits per heavy atom. The number of imidazole rings is 1. The van der Waals surface area contributed by atoms with Crippen molar-refractivity contribution in [3.63, 3.8) is 0 Å². The van der Waals surface area contributed by atoms with Gasteiger partial charge in [0, 0.05) is 16.4 Å². The Hall–Kier alpha value is -2.03. The molecule has 0 radical (unpaired) electrons. The fourth-order valence-corrected chi connectivity index (χ4v) is 3.69. The van der Waals surface area contributed by atoms with E-state index in [2.05, 4.69) is 20.6 Å². The molecule has 0 aliphatic rings. The van der Waals surface area contributed by atoms with Crippen LogP contribution in [0.2, 0.25) is 5.02 Å². The summed E-state index contributed by atoms with van der Waals surface area (Å²) in [4.78, 5) is 32.1. The highest BCUT2D eigenvalue weighted by Gasteiger charge is 2.10. The van der Waals surface area contributed by atoms with Gasteiger partial charge in [-0.1, -0.05) is 29.4 Å². The number of nitrogens with one attached hydrogen (secondary N) is 3. The van der Waals surface area contributed by atoms with Crippen LogP contribution in [0.1, 0.15) is 4.88 Å². The molecule has 2 aromatic heterocycles. The zero-order chi connectivity index (χ0) is 17.6. The van der Waals surface area contributed by atoms with Crippen LogP contribution in [0.4, 0.5) is 4.79 Å². The van der Waals surface area contributed by atoms with E-state index in [0.29, 0.717) is 16.7 Å². The van der Waals surface area contributed by atoms with E-state index >= 15 is 0 Å². The zero-order valence-electron chi connectivity index (χ0n) is 13.0. The number of halogens is 1. The van der Waals surface area contributed by atoms with Crippen molar-refractivity contribution in [3.05, 3.63) is 45.6 Å². The molecule has 0 saturated carbocycles. The zero-order valence-corrected chi connectivity index (χ0v) is 15.4. The van der Waals surface area contributed by atoms with Gasteiger partial charge < -0.3 is 10.3 Å². The van der Waals surface area contributed by atoms with E-state index in [9.17, 15) is 9.59 Å². The summed E-state index contributed by atoms with van der Waals surface area (Å²) >= 11 is 8.78. The predicted octanol–water partition coefficient (Wildman–Crippen LogP) is 3.44. The number of H-pyrrole nitrogens is 1. The topological polar surface area (TPSA) is 86.9 Å². The fourth-order valence-electron chi connectivity index (χ4n) is 2.12. The minimum atomic E-state index is -0.487. The summed E-state index contributed by atoms with van der Waals surface area (Å²) in [6.07, 6.45) is 0.746. The van der Waals surface area contributed by atoms with E-state index in [-0.39, 0.29) is 11.7 Å². The Morgan fingerprint density at radius 3 is 3.00 bits per heavy atom. The van der Waals surface area contributed by atoms with E-state index in [1.165, 1.54) is 16.6 Å². The standard InChI is InChI=1S/C16H15ClN4O2S2/c17-10-3-4-12-13(8-10)20-16(19-12)25-9-14(22)21-15(23)18-6-5-11-2-1-7-24-11/h1-4,7-8H,5-6,9H2,(H,19,20)(H2,18,21,22,23). The molecular formula is C16H15ClN4O2S2. The van der Waals surface area contributed by atoms with Crippen molar-refractivity contribution in [2.45, 2.75) is 11.6 Å². The lowest BCUT2D eigenvalue weighted by molar-refractivity contribution is -0.117. The summed E-state index contributed by atoms with van der Waals surface area (Å²) in [7, 11) is 0. The van der Waals surface area contributed by atoms with Gasteiger partial charge in [0.2, 0.25) is 5.91 Å². The summed E-state index contributed by atoms with van der Waals surface area (Å²) in [6, 6.07) is 8.82. The van der Waals surface area contributed by atoms with E-state index in [1.807, 2.05) is 17.5 Å². The maximum absolute atomic E-state index is 11.8. The van der Waals surface area contributed by atoms with Crippen LogP contribution in [0.25, 0.3) is 11.0 Å². The van der Waals surface area contributed by atoms with Crippen LogP contribution < -0.4 is 10.6 Å². The molecule has 0 aliphatic heterocycles. The second-order valence-electron chi connectivity index (χ2n) is 5.13. The molecule has 3 aromatic rings. The van der Waals surface area contributed by atoms with Gasteiger partial charge in [0.25, 0.3) is 0 Å². The fraction of sp³-hybridized carbons (Fsp3) is 0.188. The number of carbonyl (C=O) groups excluding carboxylic acids is 2. The van der Waals surface area contributed by atoms with Gasteiger partial charge in [-0.15, -0.1) is 11.3 Å². The number of imide groups is 1. The van der Waals surface area contributed by atoms with Crippen LogP contribution in [0, 0.1) is 0 Å². The van der Waals surface area contributed by atoms with E-state index in [1.54, 1.807) is 29.5 Å². The van der Waals surface area contributed by atoms with Gasteiger partial charge in [-0.2, -0.15) is 0 Å². The average molecular weight is 395 g/mol. The highest BCUT2D eigenvalue weighted by atomic mass is 35.5. The number of hydrogen-bond acceptors (Lipinski definition) is 5. The molecule has 3 rings (SSSR count). The van der Waals surface area contributed by atoms with Crippen LogP contribution >= 0.6 is 34.7 Å². The number of urea groups is 1. The first-order valence-corrected chi connectivity index (χ1v) is 9.72. The molecule has 25 heavy (non-hydrogen) atoms. The second kappa shape index (κ2) is 8.37. The molecule has 1 aromatic carbocycles. The normalized spacial score (nSPS) is 10.8. The molecular weight excluding hydrogens is 380 g/mol. The van der Waals surface area contributed by atoms with Gasteiger partial charge >= 0.3 is 6.03 Å². The van der Waals surface area contributed by atoms with Crippen molar-refractivity contribution < 1.29 is 9.59 Å². The van der Waals surface area contributed by atoms with Crippen molar-refractivity contribution in [3.8, 4) is 0 Å². The molecule has 0 saturated heterocycles. The Labute approximate surface area is 157 Å². The van der Waals surface area contributed by atoms with Gasteiger partial charge in [0.15, 0.2) is 5.16 Å². The SMILES string of the molecule is O=C(CSc1nc2ccc(Cl)cc2[nH]1)NC(=O)NCCc1cccs1. The summed E-state index contributed by atoms with van der Waals surface area (Å²) < 4.78 is 0. The molecule has 3 amide bonds. The molecule has 9 heteroatoms. The Morgan fingerprint density at radius 1 is 1.32 bits per heavy atom. The molecule has 0 fully saturated rings. The Kier molecular flexibility index (Phi) is 5.95. The monoisotopic (exact) mass is 394 g/mol. The summed E-state index contributed by atoms with van der Waals surface area (Å²) in [6.45, 7) is 0.483. The highest BCUT2D eigenvalue weighted by molar-refractivity contribution is 7.99. The number of amides is 3. The number of carbonyl (C=O) groups is 2. The van der Waals surface area contributed by atoms with Crippen molar-refractivity contribution >= 4 is 57.7 Å². The quantitative estimate of drug-likeness (QED) is 0.559. The number of aromatic amines is 1. The van der Waals surface area contributed by atoms with Crippen molar-refractivity contribution in [2.24, 2.45) is 0 Å². The minimum Gasteiger partial charge on any atom is -0.337 e. The number of hydrogen-bond donors (Lipinski definition) is 3. The second-order valence-corrected chi connectivity index (χ2v) is 7.56. The Balaban J connectivity index is 1.41. The molecule has 0 spiro atoms. The number of thioether (sulfide) groups is 1. The number of benzene rings is 1. The van der Waals surface area contributed by atoms with Gasteiger partial charge in [-0.05, 0) is 36.1 Å². The number of aromatic nitrogens is 2. The highest BCUT2D eigenvalue weighted by Crippen LogP contribution is 2.21. The van der Waals surface area contributed by atoms with Crippen LogP contribution in [0.3, 0.4) is 0 Å². The average Bonchev–Trinajstić information content (AvgIpc) is 3.21. The predicted molar refractivity (Wildman–Crippen MR) is 101 cm³/mol. The minimum absolute atomic E-state index is 0.0892. The molecule has 0 atom stereocenters. The molecule has 130 valence electrons. The number of thiophene rings is 1. The maximum atomic E-state index is 11.8. The smallest absolute Gasteiger partial charge is 0.321 e. The van der Waals surface area contributed by atoms with Crippen LogP contribution in [0.15, 0.2) is 40.9 Å². The summed E-state index contributed by atoms with van der Waals surface area (Å²) in [5, 5.41) is 8.18. The summed E-state index contributed by atoms with van der Waals surface area (Å²) in [5.41, 5.74) is 1.58. The largest absolute Gasteiger partial charge is 0.337 e. The van der Waals surface area contributed by atoms with E-state index in [4.69, 9.17) is 11.6 Å². The first-order valence-electron chi connectivity index (χ1n) is 7.48.